The van der Waals surface area contributed by atoms with Gasteiger partial charge in [0.2, 0.25) is 0 Å². The number of carboxylic acid groups (broad SMARTS) is 1. The summed E-state index contributed by atoms with van der Waals surface area (Å²) < 4.78 is 4.25. The highest BCUT2D eigenvalue weighted by Gasteiger charge is 2.04. The first-order valence-electron chi connectivity index (χ1n) is 4.57. The molecule has 0 radical (unpaired) electrons. The lowest BCUT2D eigenvalue weighted by Crippen LogP contribution is -2.06. The number of carbonyl (C=O) groups is 1. The molecule has 15 heavy (non-hydrogen) atoms. The van der Waals surface area contributed by atoms with Crippen molar-refractivity contribution in [1.82, 2.24) is 4.37 Å². The van der Waals surface area contributed by atoms with Crippen LogP contribution < -0.4 is 5.32 Å². The topological polar surface area (TPSA) is 62.2 Å². The molecular weight excluding hydrogens is 212 g/mol. The van der Waals surface area contributed by atoms with Gasteiger partial charge in [-0.05, 0) is 23.7 Å². The van der Waals surface area contributed by atoms with E-state index in [0.717, 1.165) is 15.9 Å². The first-order chi connectivity index (χ1) is 7.27. The molecule has 1 aromatic carbocycles. The van der Waals surface area contributed by atoms with Crippen molar-refractivity contribution >= 4 is 33.4 Å². The first-order valence-corrected chi connectivity index (χ1v) is 5.35. The summed E-state index contributed by atoms with van der Waals surface area (Å²) in [7, 11) is 0. The molecule has 78 valence electrons. The molecule has 0 atom stereocenters. The number of hydrogen-bond donors (Lipinski definition) is 2. The second kappa shape index (κ2) is 4.27. The van der Waals surface area contributed by atoms with Gasteiger partial charge in [0.05, 0.1) is 11.9 Å². The molecule has 5 heteroatoms. The number of nitrogens with one attached hydrogen (secondary N) is 1. The van der Waals surface area contributed by atoms with Gasteiger partial charge in [-0.1, -0.05) is 12.1 Å². The molecule has 4 nitrogen and oxygen atoms in total. The average molecular weight is 222 g/mol. The minimum absolute atomic E-state index is 0.117. The van der Waals surface area contributed by atoms with Crippen molar-refractivity contribution in [2.75, 3.05) is 11.9 Å². The van der Waals surface area contributed by atoms with Crippen molar-refractivity contribution in [3.8, 4) is 0 Å². The predicted octanol–water partition coefficient (Wildman–Crippen LogP) is 2.18. The molecule has 0 bridgehead atoms. The SMILES string of the molecule is O=C(O)CCNc1snc2ccccc12. The summed E-state index contributed by atoms with van der Waals surface area (Å²) in [5.41, 5.74) is 0.945. The summed E-state index contributed by atoms with van der Waals surface area (Å²) in [6, 6.07) is 7.79. The molecule has 1 aromatic heterocycles. The standard InChI is InChI=1S/C10H10N2O2S/c13-9(14)5-6-11-10-7-3-1-2-4-8(7)12-15-10/h1-4,11H,5-6H2,(H,13,14). The van der Waals surface area contributed by atoms with E-state index in [1.807, 2.05) is 24.3 Å². The van der Waals surface area contributed by atoms with Crippen LogP contribution in [0.3, 0.4) is 0 Å². The fourth-order valence-corrected chi connectivity index (χ4v) is 2.09. The Balaban J connectivity index is 2.11. The van der Waals surface area contributed by atoms with Crippen LogP contribution in [0, 0.1) is 0 Å². The number of fused-ring (bicyclic) bond motifs is 1. The first kappa shape index (κ1) is 9.92. The van der Waals surface area contributed by atoms with E-state index in [9.17, 15) is 4.79 Å². The molecule has 0 spiro atoms. The van der Waals surface area contributed by atoms with Gasteiger partial charge in [-0.25, -0.2) is 0 Å². The third kappa shape index (κ3) is 2.24. The van der Waals surface area contributed by atoms with Gasteiger partial charge in [-0.2, -0.15) is 4.37 Å². The Morgan fingerprint density at radius 3 is 3.07 bits per heavy atom. The van der Waals surface area contributed by atoms with Crippen molar-refractivity contribution in [3.63, 3.8) is 0 Å². The Kier molecular flexibility index (Phi) is 2.82. The quantitative estimate of drug-likeness (QED) is 0.832. The number of rotatable bonds is 4. The Bertz CT molecular complexity index is 481. The molecule has 0 aliphatic heterocycles. The predicted molar refractivity (Wildman–Crippen MR) is 60.4 cm³/mol. The zero-order chi connectivity index (χ0) is 10.7. The van der Waals surface area contributed by atoms with E-state index in [1.54, 1.807) is 0 Å². The van der Waals surface area contributed by atoms with Crippen LogP contribution in [0.1, 0.15) is 6.42 Å². The number of nitrogens with zero attached hydrogens (tertiary/aromatic N) is 1. The van der Waals surface area contributed by atoms with Gasteiger partial charge in [-0.15, -0.1) is 0 Å². The lowest BCUT2D eigenvalue weighted by Gasteiger charge is -2.00. The fraction of sp³-hybridized carbons (Fsp3) is 0.200. The molecule has 0 aliphatic carbocycles. The molecule has 2 rings (SSSR count). The lowest BCUT2D eigenvalue weighted by atomic mass is 10.2. The minimum Gasteiger partial charge on any atom is -0.481 e. The molecule has 0 saturated heterocycles. The molecule has 0 saturated carbocycles. The number of aliphatic carboxylic acids is 1. The van der Waals surface area contributed by atoms with E-state index >= 15 is 0 Å². The van der Waals surface area contributed by atoms with Gasteiger partial charge in [0.15, 0.2) is 0 Å². The van der Waals surface area contributed by atoms with E-state index in [1.165, 1.54) is 11.5 Å². The molecule has 0 aliphatic rings. The Hall–Kier alpha value is -1.62. The van der Waals surface area contributed by atoms with Gasteiger partial charge < -0.3 is 10.4 Å². The normalized spacial score (nSPS) is 10.4. The van der Waals surface area contributed by atoms with Gasteiger partial charge in [0.1, 0.15) is 5.00 Å². The van der Waals surface area contributed by atoms with Crippen LogP contribution in [-0.2, 0) is 4.79 Å². The van der Waals surface area contributed by atoms with Gasteiger partial charge >= 0.3 is 5.97 Å². The summed E-state index contributed by atoms with van der Waals surface area (Å²) in [6.07, 6.45) is 0.117. The zero-order valence-electron chi connectivity index (χ0n) is 7.93. The number of hydrogen-bond acceptors (Lipinski definition) is 4. The maximum absolute atomic E-state index is 10.3. The third-order valence-electron chi connectivity index (χ3n) is 2.01. The van der Waals surface area contributed by atoms with Crippen molar-refractivity contribution < 1.29 is 9.90 Å². The smallest absolute Gasteiger partial charge is 0.305 e. The van der Waals surface area contributed by atoms with Crippen LogP contribution in [0.25, 0.3) is 10.9 Å². The molecule has 0 fully saturated rings. The molecule has 2 aromatic rings. The number of benzene rings is 1. The van der Waals surface area contributed by atoms with E-state index in [-0.39, 0.29) is 6.42 Å². The lowest BCUT2D eigenvalue weighted by molar-refractivity contribution is -0.136. The monoisotopic (exact) mass is 222 g/mol. The van der Waals surface area contributed by atoms with Gasteiger partial charge in [-0.3, -0.25) is 4.79 Å². The number of anilines is 1. The van der Waals surface area contributed by atoms with Crippen LogP contribution in [-0.4, -0.2) is 22.0 Å². The molecule has 1 heterocycles. The van der Waals surface area contributed by atoms with Crippen molar-refractivity contribution in [1.29, 1.82) is 0 Å². The Labute approximate surface area is 90.7 Å². The van der Waals surface area contributed by atoms with E-state index in [0.29, 0.717) is 6.54 Å². The highest BCUT2D eigenvalue weighted by atomic mass is 32.1. The molecule has 2 N–H and O–H groups in total. The van der Waals surface area contributed by atoms with Crippen LogP contribution in [0.15, 0.2) is 24.3 Å². The second-order valence-corrected chi connectivity index (χ2v) is 3.87. The van der Waals surface area contributed by atoms with Gasteiger partial charge in [0.25, 0.3) is 0 Å². The maximum atomic E-state index is 10.3. The van der Waals surface area contributed by atoms with Crippen LogP contribution in [0.2, 0.25) is 0 Å². The molecule has 0 unspecified atom stereocenters. The van der Waals surface area contributed by atoms with E-state index in [4.69, 9.17) is 5.11 Å². The largest absolute Gasteiger partial charge is 0.481 e. The van der Waals surface area contributed by atoms with Gasteiger partial charge in [0, 0.05) is 11.9 Å². The fourth-order valence-electron chi connectivity index (χ4n) is 1.30. The average Bonchev–Trinajstić information content (AvgIpc) is 2.62. The zero-order valence-corrected chi connectivity index (χ0v) is 8.75. The van der Waals surface area contributed by atoms with E-state index < -0.39 is 5.97 Å². The van der Waals surface area contributed by atoms with Crippen molar-refractivity contribution in [2.45, 2.75) is 6.42 Å². The minimum atomic E-state index is -0.795. The second-order valence-electron chi connectivity index (χ2n) is 3.10. The van der Waals surface area contributed by atoms with Crippen molar-refractivity contribution in [2.24, 2.45) is 0 Å². The number of carboxylic acids is 1. The third-order valence-corrected chi connectivity index (χ3v) is 2.84. The highest BCUT2D eigenvalue weighted by molar-refractivity contribution is 7.11. The Morgan fingerprint density at radius 1 is 1.47 bits per heavy atom. The molecular formula is C10H10N2O2S. The maximum Gasteiger partial charge on any atom is 0.305 e. The summed E-state index contributed by atoms with van der Waals surface area (Å²) in [4.78, 5) is 10.3. The summed E-state index contributed by atoms with van der Waals surface area (Å²) in [5, 5.41) is 13.6. The highest BCUT2D eigenvalue weighted by Crippen LogP contribution is 2.26. The Morgan fingerprint density at radius 2 is 2.27 bits per heavy atom. The summed E-state index contributed by atoms with van der Waals surface area (Å²) >= 11 is 1.36. The number of aromatic nitrogens is 1. The van der Waals surface area contributed by atoms with Crippen LogP contribution in [0.5, 0.6) is 0 Å². The van der Waals surface area contributed by atoms with Crippen LogP contribution in [0.4, 0.5) is 5.00 Å². The summed E-state index contributed by atoms with van der Waals surface area (Å²) in [5.74, 6) is -0.795. The van der Waals surface area contributed by atoms with Crippen LogP contribution >= 0.6 is 11.5 Å². The van der Waals surface area contributed by atoms with Crippen molar-refractivity contribution in [3.05, 3.63) is 24.3 Å². The molecule has 0 amide bonds. The summed E-state index contributed by atoms with van der Waals surface area (Å²) in [6.45, 7) is 0.432. The van der Waals surface area contributed by atoms with E-state index in [2.05, 4.69) is 9.69 Å².